The van der Waals surface area contributed by atoms with E-state index < -0.39 is 10.0 Å². The molecule has 2 N–H and O–H groups in total. The molecule has 0 fully saturated rings. The van der Waals surface area contributed by atoms with E-state index in [0.717, 1.165) is 28.4 Å². The van der Waals surface area contributed by atoms with Gasteiger partial charge in [0, 0.05) is 4.47 Å². The van der Waals surface area contributed by atoms with Crippen LogP contribution in [0.4, 0.5) is 0 Å². The fourth-order valence-corrected chi connectivity index (χ4v) is 3.59. The fourth-order valence-electron chi connectivity index (χ4n) is 2.07. The van der Waals surface area contributed by atoms with Gasteiger partial charge in [-0.25, -0.2) is 13.6 Å². The zero-order valence-corrected chi connectivity index (χ0v) is 14.3. The maximum Gasteiger partial charge on any atom is 0.238 e. The molecular weight excluding hydrogens is 326 g/mol. The Morgan fingerprint density at radius 2 is 1.84 bits per heavy atom. The lowest BCUT2D eigenvalue weighted by molar-refractivity contribution is 0.593. The molecule has 1 rings (SSSR count). The third-order valence-corrected chi connectivity index (χ3v) is 4.96. The van der Waals surface area contributed by atoms with Crippen LogP contribution in [0.15, 0.2) is 21.5 Å². The van der Waals surface area contributed by atoms with Crippen LogP contribution in [-0.2, 0) is 16.4 Å². The zero-order chi connectivity index (χ0) is 14.8. The Morgan fingerprint density at radius 1 is 1.26 bits per heavy atom. The second-order valence-electron chi connectivity index (χ2n) is 5.43. The molecule has 0 spiro atoms. The molecule has 0 amide bonds. The summed E-state index contributed by atoms with van der Waals surface area (Å²) in [6.07, 6.45) is 1.79. The number of sulfonamides is 1. The lowest BCUT2D eigenvalue weighted by Crippen LogP contribution is -2.16. The SMILES string of the molecule is CCC(C)c1cc(CC(C)C)c(Br)cc1S(N)(=O)=O. The molecule has 3 nitrogen and oxygen atoms in total. The van der Waals surface area contributed by atoms with E-state index in [1.165, 1.54) is 0 Å². The fraction of sp³-hybridized carbons (Fsp3) is 0.571. The Hall–Kier alpha value is -0.390. The minimum atomic E-state index is -3.69. The molecule has 0 saturated carbocycles. The summed E-state index contributed by atoms with van der Waals surface area (Å²) in [5.74, 6) is 0.689. The molecule has 0 bridgehead atoms. The Balaban J connectivity index is 3.46. The van der Waals surface area contributed by atoms with Gasteiger partial charge in [-0.2, -0.15) is 0 Å². The summed E-state index contributed by atoms with van der Waals surface area (Å²) in [5.41, 5.74) is 1.96. The summed E-state index contributed by atoms with van der Waals surface area (Å²) in [6.45, 7) is 8.35. The Kier molecular flexibility index (Phi) is 5.59. The van der Waals surface area contributed by atoms with Gasteiger partial charge >= 0.3 is 0 Å². The summed E-state index contributed by atoms with van der Waals surface area (Å²) >= 11 is 3.45. The molecule has 1 atom stereocenters. The normalized spacial score (nSPS) is 13.8. The largest absolute Gasteiger partial charge is 0.238 e. The first-order valence-corrected chi connectivity index (χ1v) is 8.85. The number of nitrogens with two attached hydrogens (primary N) is 1. The molecule has 0 radical (unpaired) electrons. The first-order valence-electron chi connectivity index (χ1n) is 6.51. The molecule has 0 aliphatic heterocycles. The summed E-state index contributed by atoms with van der Waals surface area (Å²) in [7, 11) is -3.69. The minimum Gasteiger partial charge on any atom is -0.225 e. The number of rotatable bonds is 5. The standard InChI is InChI=1S/C14H22BrNO2S/c1-5-10(4)12-7-11(6-9(2)3)13(15)8-14(12)19(16,17)18/h7-10H,5-6H2,1-4H3,(H2,16,17,18). The van der Waals surface area contributed by atoms with Crippen molar-refractivity contribution >= 4 is 26.0 Å². The second kappa shape index (κ2) is 6.37. The van der Waals surface area contributed by atoms with Crippen LogP contribution < -0.4 is 5.14 Å². The van der Waals surface area contributed by atoms with Gasteiger partial charge in [0.25, 0.3) is 0 Å². The highest BCUT2D eigenvalue weighted by Gasteiger charge is 2.20. The predicted molar refractivity (Wildman–Crippen MR) is 82.8 cm³/mol. The highest BCUT2D eigenvalue weighted by atomic mass is 79.9. The first kappa shape index (κ1) is 16.7. The molecule has 108 valence electrons. The third kappa shape index (κ3) is 4.29. The van der Waals surface area contributed by atoms with Crippen molar-refractivity contribution in [1.82, 2.24) is 0 Å². The van der Waals surface area contributed by atoms with Crippen LogP contribution >= 0.6 is 15.9 Å². The van der Waals surface area contributed by atoms with E-state index >= 15 is 0 Å². The van der Waals surface area contributed by atoms with E-state index in [0.29, 0.717) is 5.92 Å². The average Bonchev–Trinajstić information content (AvgIpc) is 2.28. The quantitative estimate of drug-likeness (QED) is 0.880. The van der Waals surface area contributed by atoms with Crippen molar-refractivity contribution in [2.75, 3.05) is 0 Å². The molecular formula is C14H22BrNO2S. The number of hydrogen-bond donors (Lipinski definition) is 1. The van der Waals surface area contributed by atoms with E-state index in [1.54, 1.807) is 6.07 Å². The number of primary sulfonamides is 1. The summed E-state index contributed by atoms with van der Waals surface area (Å²) < 4.78 is 24.3. The monoisotopic (exact) mass is 347 g/mol. The van der Waals surface area contributed by atoms with E-state index in [9.17, 15) is 8.42 Å². The van der Waals surface area contributed by atoms with Gasteiger partial charge in [0.1, 0.15) is 0 Å². The van der Waals surface area contributed by atoms with Gasteiger partial charge in [-0.3, -0.25) is 0 Å². The summed E-state index contributed by atoms with van der Waals surface area (Å²) in [4.78, 5) is 0.237. The molecule has 0 heterocycles. The van der Waals surface area contributed by atoms with Crippen molar-refractivity contribution in [3.8, 4) is 0 Å². The van der Waals surface area contributed by atoms with Crippen molar-refractivity contribution < 1.29 is 8.42 Å². The Morgan fingerprint density at radius 3 is 2.26 bits per heavy atom. The highest BCUT2D eigenvalue weighted by Crippen LogP contribution is 2.32. The van der Waals surface area contributed by atoms with Gasteiger partial charge in [-0.15, -0.1) is 0 Å². The molecule has 19 heavy (non-hydrogen) atoms. The molecule has 0 aliphatic carbocycles. The molecule has 0 saturated heterocycles. The topological polar surface area (TPSA) is 60.2 Å². The maximum absolute atomic E-state index is 11.7. The van der Waals surface area contributed by atoms with Crippen molar-refractivity contribution in [3.63, 3.8) is 0 Å². The number of benzene rings is 1. The van der Waals surface area contributed by atoms with Gasteiger partial charge in [-0.1, -0.05) is 49.7 Å². The van der Waals surface area contributed by atoms with Crippen LogP contribution in [0.3, 0.4) is 0 Å². The maximum atomic E-state index is 11.7. The van der Waals surface area contributed by atoms with Crippen molar-refractivity contribution in [1.29, 1.82) is 0 Å². The van der Waals surface area contributed by atoms with Crippen LogP contribution in [0.5, 0.6) is 0 Å². The summed E-state index contributed by atoms with van der Waals surface area (Å²) in [5, 5.41) is 5.32. The van der Waals surface area contributed by atoms with Gasteiger partial charge in [0.05, 0.1) is 4.90 Å². The van der Waals surface area contributed by atoms with Gasteiger partial charge in [0.2, 0.25) is 10.0 Å². The van der Waals surface area contributed by atoms with Gasteiger partial charge in [0.15, 0.2) is 0 Å². The molecule has 0 aliphatic rings. The van der Waals surface area contributed by atoms with E-state index in [1.807, 2.05) is 19.9 Å². The molecule has 1 aromatic carbocycles. The average molecular weight is 348 g/mol. The highest BCUT2D eigenvalue weighted by molar-refractivity contribution is 9.10. The molecule has 1 aromatic rings. The zero-order valence-electron chi connectivity index (χ0n) is 11.9. The molecule has 5 heteroatoms. The van der Waals surface area contributed by atoms with Crippen molar-refractivity contribution in [2.45, 2.75) is 51.3 Å². The van der Waals surface area contributed by atoms with Crippen molar-refractivity contribution in [3.05, 3.63) is 27.7 Å². The molecule has 1 unspecified atom stereocenters. The number of hydrogen-bond acceptors (Lipinski definition) is 2. The van der Waals surface area contributed by atoms with Crippen LogP contribution in [0.25, 0.3) is 0 Å². The lowest BCUT2D eigenvalue weighted by Gasteiger charge is -2.17. The van der Waals surface area contributed by atoms with Gasteiger partial charge < -0.3 is 0 Å². The third-order valence-electron chi connectivity index (χ3n) is 3.26. The van der Waals surface area contributed by atoms with E-state index in [2.05, 4.69) is 29.8 Å². The predicted octanol–water partition coefficient (Wildman–Crippen LogP) is 3.81. The van der Waals surface area contributed by atoms with Crippen LogP contribution in [0.2, 0.25) is 0 Å². The molecule has 0 aromatic heterocycles. The van der Waals surface area contributed by atoms with Crippen molar-refractivity contribution in [2.24, 2.45) is 11.1 Å². The van der Waals surface area contributed by atoms with Crippen LogP contribution in [0, 0.1) is 5.92 Å². The number of halogens is 1. The van der Waals surface area contributed by atoms with Gasteiger partial charge in [-0.05, 0) is 41.9 Å². The van der Waals surface area contributed by atoms with E-state index in [4.69, 9.17) is 5.14 Å². The second-order valence-corrected chi connectivity index (χ2v) is 7.82. The Labute approximate surface area is 124 Å². The summed E-state index contributed by atoms with van der Waals surface area (Å²) in [6, 6.07) is 3.63. The minimum absolute atomic E-state index is 0.173. The van der Waals surface area contributed by atoms with Crippen LogP contribution in [-0.4, -0.2) is 8.42 Å². The Bertz CT molecular complexity index is 553. The first-order chi connectivity index (χ1) is 8.66. The van der Waals surface area contributed by atoms with Crippen LogP contribution in [0.1, 0.15) is 51.2 Å². The smallest absolute Gasteiger partial charge is 0.225 e. The lowest BCUT2D eigenvalue weighted by atomic mass is 9.94. The van der Waals surface area contributed by atoms with E-state index in [-0.39, 0.29) is 10.8 Å².